The third-order valence-electron chi connectivity index (χ3n) is 3.65. The minimum absolute atomic E-state index is 0.0206. The molecule has 0 spiro atoms. The maximum absolute atomic E-state index is 11.3. The van der Waals surface area contributed by atoms with E-state index in [-0.39, 0.29) is 5.91 Å². The minimum atomic E-state index is -0.642. The van der Waals surface area contributed by atoms with Crippen molar-refractivity contribution in [3.05, 3.63) is 53.7 Å². The summed E-state index contributed by atoms with van der Waals surface area (Å²) in [6.07, 6.45) is 1.28. The number of pyridine rings is 1. The van der Waals surface area contributed by atoms with Crippen molar-refractivity contribution in [2.24, 2.45) is 0 Å². The Kier molecular flexibility index (Phi) is 7.18. The van der Waals surface area contributed by atoms with E-state index in [0.29, 0.717) is 37.5 Å². The molecule has 0 aliphatic heterocycles. The van der Waals surface area contributed by atoms with Gasteiger partial charge in [-0.25, -0.2) is 4.98 Å². The monoisotopic (exact) mass is 344 g/mol. The number of carbonyl (C=O) groups excluding carboxylic acids is 1. The highest BCUT2D eigenvalue weighted by Crippen LogP contribution is 2.13. The minimum Gasteiger partial charge on any atom is -0.492 e. The molecule has 1 heterocycles. The van der Waals surface area contributed by atoms with Gasteiger partial charge in [0.05, 0.1) is 12.5 Å². The third kappa shape index (κ3) is 6.40. The number of hydrogen-bond donors (Lipinski definition) is 4. The first-order chi connectivity index (χ1) is 12.1. The summed E-state index contributed by atoms with van der Waals surface area (Å²) in [5.41, 5.74) is 7.17. The van der Waals surface area contributed by atoms with Crippen LogP contribution in [0.25, 0.3) is 0 Å². The van der Waals surface area contributed by atoms with Gasteiger partial charge in [-0.15, -0.1) is 0 Å². The molecule has 1 unspecified atom stereocenters. The second kappa shape index (κ2) is 9.61. The maximum Gasteiger partial charge on any atom is 0.224 e. The number of nitrogen functional groups attached to an aromatic ring is 1. The van der Waals surface area contributed by atoms with Crippen LogP contribution in [0.2, 0.25) is 0 Å². The molecule has 1 amide bonds. The zero-order valence-corrected chi connectivity index (χ0v) is 14.2. The summed E-state index contributed by atoms with van der Waals surface area (Å²) >= 11 is 0. The number of carbonyl (C=O) groups is 1. The van der Waals surface area contributed by atoms with E-state index >= 15 is 0 Å². The lowest BCUT2D eigenvalue weighted by Crippen LogP contribution is -2.26. The summed E-state index contributed by atoms with van der Waals surface area (Å²) < 4.78 is 5.62. The van der Waals surface area contributed by atoms with Crippen molar-refractivity contribution >= 4 is 11.7 Å². The van der Waals surface area contributed by atoms with Gasteiger partial charge in [-0.05, 0) is 23.8 Å². The average Bonchev–Trinajstić information content (AvgIpc) is 2.63. The van der Waals surface area contributed by atoms with Gasteiger partial charge in [0.25, 0.3) is 0 Å². The molecule has 134 valence electrons. The molecule has 0 aliphatic carbocycles. The van der Waals surface area contributed by atoms with Crippen LogP contribution in [-0.2, 0) is 11.2 Å². The van der Waals surface area contributed by atoms with E-state index in [2.05, 4.69) is 15.6 Å². The Balaban J connectivity index is 1.65. The largest absolute Gasteiger partial charge is 0.492 e. The van der Waals surface area contributed by atoms with Gasteiger partial charge in [0, 0.05) is 31.9 Å². The first-order valence-electron chi connectivity index (χ1n) is 8.11. The van der Waals surface area contributed by atoms with Gasteiger partial charge in [-0.2, -0.15) is 0 Å². The van der Waals surface area contributed by atoms with Gasteiger partial charge in [0.1, 0.15) is 18.2 Å². The van der Waals surface area contributed by atoms with E-state index < -0.39 is 6.10 Å². The Bertz CT molecular complexity index is 659. The Labute approximate surface area is 147 Å². The van der Waals surface area contributed by atoms with Crippen LogP contribution >= 0.6 is 0 Å². The highest BCUT2D eigenvalue weighted by molar-refractivity contribution is 5.78. The SMILES string of the molecule is CNC(=O)Cc1ccc(OCCNCC(O)c2ccc(N)nc2)cc1. The van der Waals surface area contributed by atoms with Crippen molar-refractivity contribution in [1.82, 2.24) is 15.6 Å². The quantitative estimate of drug-likeness (QED) is 0.498. The van der Waals surface area contributed by atoms with Crippen molar-refractivity contribution in [3.8, 4) is 5.75 Å². The fraction of sp³-hybridized carbons (Fsp3) is 0.333. The Morgan fingerprint density at radius 3 is 2.68 bits per heavy atom. The molecule has 7 heteroatoms. The first-order valence-corrected chi connectivity index (χ1v) is 8.11. The van der Waals surface area contributed by atoms with Gasteiger partial charge < -0.3 is 26.2 Å². The third-order valence-corrected chi connectivity index (χ3v) is 3.65. The fourth-order valence-corrected chi connectivity index (χ4v) is 2.19. The number of aromatic nitrogens is 1. The molecule has 0 fully saturated rings. The van der Waals surface area contributed by atoms with Crippen LogP contribution < -0.4 is 21.1 Å². The number of aliphatic hydroxyl groups is 1. The second-order valence-corrected chi connectivity index (χ2v) is 5.58. The molecule has 1 aromatic carbocycles. The zero-order chi connectivity index (χ0) is 18.1. The van der Waals surface area contributed by atoms with Crippen molar-refractivity contribution in [2.45, 2.75) is 12.5 Å². The smallest absolute Gasteiger partial charge is 0.224 e. The number of aliphatic hydroxyl groups excluding tert-OH is 1. The van der Waals surface area contributed by atoms with Crippen molar-refractivity contribution in [1.29, 1.82) is 0 Å². The number of benzene rings is 1. The summed E-state index contributed by atoms with van der Waals surface area (Å²) in [6.45, 7) is 1.47. The Morgan fingerprint density at radius 1 is 1.28 bits per heavy atom. The summed E-state index contributed by atoms with van der Waals surface area (Å²) in [5.74, 6) is 1.15. The maximum atomic E-state index is 11.3. The summed E-state index contributed by atoms with van der Waals surface area (Å²) in [6, 6.07) is 10.8. The number of nitrogens with one attached hydrogen (secondary N) is 2. The number of hydrogen-bond acceptors (Lipinski definition) is 6. The summed E-state index contributed by atoms with van der Waals surface area (Å²) in [7, 11) is 1.62. The van der Waals surface area contributed by atoms with Crippen LogP contribution in [0.4, 0.5) is 5.82 Å². The van der Waals surface area contributed by atoms with Crippen LogP contribution in [-0.4, -0.2) is 42.7 Å². The topological polar surface area (TPSA) is 110 Å². The normalized spacial score (nSPS) is 11.8. The van der Waals surface area contributed by atoms with E-state index in [1.165, 1.54) is 0 Å². The van der Waals surface area contributed by atoms with Gasteiger partial charge in [0.2, 0.25) is 5.91 Å². The lowest BCUT2D eigenvalue weighted by molar-refractivity contribution is -0.119. The number of nitrogens with two attached hydrogens (primary N) is 1. The molecule has 0 aliphatic rings. The molecule has 1 aromatic heterocycles. The van der Waals surface area contributed by atoms with Crippen molar-refractivity contribution < 1.29 is 14.6 Å². The first kappa shape index (κ1) is 18.7. The lowest BCUT2D eigenvalue weighted by Gasteiger charge is -2.12. The molecule has 0 saturated heterocycles. The van der Waals surface area contributed by atoms with Crippen LogP contribution in [0.1, 0.15) is 17.2 Å². The van der Waals surface area contributed by atoms with Gasteiger partial charge in [-0.1, -0.05) is 18.2 Å². The molecule has 5 N–H and O–H groups in total. The zero-order valence-electron chi connectivity index (χ0n) is 14.2. The molecule has 0 bridgehead atoms. The molecule has 0 radical (unpaired) electrons. The molecular formula is C18H24N4O3. The van der Waals surface area contributed by atoms with Crippen LogP contribution in [0.3, 0.4) is 0 Å². The predicted molar refractivity (Wildman–Crippen MR) is 96.2 cm³/mol. The number of amides is 1. The van der Waals surface area contributed by atoms with Gasteiger partial charge >= 0.3 is 0 Å². The molecule has 1 atom stereocenters. The second-order valence-electron chi connectivity index (χ2n) is 5.58. The van der Waals surface area contributed by atoms with E-state index in [1.54, 1.807) is 25.4 Å². The van der Waals surface area contributed by atoms with Gasteiger partial charge in [0.15, 0.2) is 0 Å². The van der Waals surface area contributed by atoms with Crippen molar-refractivity contribution in [3.63, 3.8) is 0 Å². The lowest BCUT2D eigenvalue weighted by atomic mass is 10.1. The fourth-order valence-electron chi connectivity index (χ4n) is 2.19. The number of anilines is 1. The Hall–Kier alpha value is -2.64. The van der Waals surface area contributed by atoms with E-state index in [1.807, 2.05) is 24.3 Å². The van der Waals surface area contributed by atoms with Gasteiger partial charge in [-0.3, -0.25) is 4.79 Å². The molecule has 2 aromatic rings. The standard InChI is InChI=1S/C18H24N4O3/c1-20-18(24)10-13-2-5-15(6-3-13)25-9-8-21-12-16(23)14-4-7-17(19)22-11-14/h2-7,11,16,21,23H,8-10,12H2,1H3,(H2,19,22)(H,20,24). The van der Waals surface area contributed by atoms with Crippen LogP contribution in [0.5, 0.6) is 5.75 Å². The number of ether oxygens (including phenoxy) is 1. The number of likely N-dealkylation sites (N-methyl/N-ethyl adjacent to an activating group) is 1. The number of rotatable bonds is 9. The molecule has 0 saturated carbocycles. The summed E-state index contributed by atoms with van der Waals surface area (Å²) in [4.78, 5) is 15.3. The molecule has 2 rings (SSSR count). The van der Waals surface area contributed by atoms with E-state index in [0.717, 1.165) is 11.3 Å². The van der Waals surface area contributed by atoms with Crippen LogP contribution in [0, 0.1) is 0 Å². The Morgan fingerprint density at radius 2 is 2.04 bits per heavy atom. The van der Waals surface area contributed by atoms with Crippen LogP contribution in [0.15, 0.2) is 42.6 Å². The summed E-state index contributed by atoms with van der Waals surface area (Å²) in [5, 5.41) is 15.8. The molecule has 25 heavy (non-hydrogen) atoms. The predicted octanol–water partition coefficient (Wildman–Crippen LogP) is 0.654. The van der Waals surface area contributed by atoms with E-state index in [9.17, 15) is 9.90 Å². The molecular weight excluding hydrogens is 320 g/mol. The van der Waals surface area contributed by atoms with E-state index in [4.69, 9.17) is 10.5 Å². The average molecular weight is 344 g/mol. The molecule has 7 nitrogen and oxygen atoms in total. The highest BCUT2D eigenvalue weighted by atomic mass is 16.5. The number of nitrogens with zero attached hydrogens (tertiary/aromatic N) is 1. The van der Waals surface area contributed by atoms with Crippen molar-refractivity contribution in [2.75, 3.05) is 32.5 Å². The highest BCUT2D eigenvalue weighted by Gasteiger charge is 2.07.